The monoisotopic (exact) mass is 720 g/mol. The molecule has 0 spiro atoms. The van der Waals surface area contributed by atoms with Gasteiger partial charge in [-0.2, -0.15) is 0 Å². The molecule has 0 aliphatic rings. The summed E-state index contributed by atoms with van der Waals surface area (Å²) >= 11 is 0. The van der Waals surface area contributed by atoms with Crippen molar-refractivity contribution < 1.29 is 192 Å². The van der Waals surface area contributed by atoms with Gasteiger partial charge in [0.2, 0.25) is 0 Å². The second kappa shape index (κ2) is 6280000. The first-order chi connectivity index (χ1) is 0. The molecule has 0 saturated heterocycles. The van der Waals surface area contributed by atoms with E-state index in [4.69, 9.17) is 0 Å². The summed E-state index contributed by atoms with van der Waals surface area (Å²) in [5, 5.41) is 0. The molecular formula is H72O35Sr. The van der Waals surface area contributed by atoms with Gasteiger partial charge in [0.25, 0.3) is 0 Å². The van der Waals surface area contributed by atoms with Gasteiger partial charge < -0.3 is 192 Å². The SMILES string of the molecule is O.O.O.O.O.O.O.O.O.O.O.O.O.O.O.O.O.O.O.O.O.O.O.O.O.O.O.O.O.O.O.O.O.O.O.[SrH2]. The van der Waals surface area contributed by atoms with Gasteiger partial charge in [0, 0.05) is 0 Å². The van der Waals surface area contributed by atoms with E-state index >= 15 is 0 Å². The summed E-state index contributed by atoms with van der Waals surface area (Å²) in [6.07, 6.45) is 0. The molecule has 0 aromatic carbocycles. The molecule has 0 rings (SSSR count). The normalized spacial score (nSPS) is 0. The van der Waals surface area contributed by atoms with Crippen LogP contribution in [0.25, 0.3) is 0 Å². The van der Waals surface area contributed by atoms with Gasteiger partial charge in [0.15, 0.2) is 0 Å². The molecule has 0 fully saturated rings. The Morgan fingerprint density at radius 1 is 0.0556 bits per heavy atom. The minimum atomic E-state index is 0. The molecule has 284 valence electrons. The molecule has 70 N–H and O–H groups in total. The van der Waals surface area contributed by atoms with E-state index in [1.165, 1.54) is 0 Å². The van der Waals surface area contributed by atoms with Crippen LogP contribution in [0.5, 0.6) is 0 Å². The van der Waals surface area contributed by atoms with E-state index in [0.717, 1.165) is 0 Å². The van der Waals surface area contributed by atoms with Crippen LogP contribution in [0.2, 0.25) is 0 Å². The summed E-state index contributed by atoms with van der Waals surface area (Å²) in [5.74, 6) is 0. The summed E-state index contributed by atoms with van der Waals surface area (Å²) in [5.41, 5.74) is 0. The van der Waals surface area contributed by atoms with Crippen molar-refractivity contribution in [2.75, 3.05) is 0 Å². The molecule has 0 radical (unpaired) electrons. The quantitative estimate of drug-likeness (QED) is 0.211. The van der Waals surface area contributed by atoms with Crippen LogP contribution in [0, 0.1) is 0 Å². The Kier molecular flexibility index (Phi) is 1200000000000. The molecule has 0 aromatic rings. The predicted molar refractivity (Wildman–Crippen MR) is 135 cm³/mol. The van der Waals surface area contributed by atoms with Crippen LogP contribution >= 0.6 is 0 Å². The maximum atomic E-state index is 0. The van der Waals surface area contributed by atoms with Crippen LogP contribution in [0.3, 0.4) is 0 Å². The van der Waals surface area contributed by atoms with Gasteiger partial charge in [-0.3, -0.25) is 0 Å². The molecule has 0 aliphatic heterocycles. The molecular weight excluding hydrogens is 648 g/mol. The molecule has 0 unspecified atom stereocenters. The standard InChI is InChI=1S/35H2O.Sr.2H/h35*1H2;;;. The van der Waals surface area contributed by atoms with Gasteiger partial charge in [-0.15, -0.1) is 0 Å². The second-order valence-electron chi connectivity index (χ2n) is 0. The third kappa shape index (κ3) is 5750000. The third-order valence-corrected chi connectivity index (χ3v) is 0. The zero-order valence-electron chi connectivity index (χ0n) is 17.5. The van der Waals surface area contributed by atoms with E-state index in [9.17, 15) is 0 Å². The zero-order chi connectivity index (χ0) is 0. The van der Waals surface area contributed by atoms with Crippen molar-refractivity contribution >= 4 is 45.5 Å². The Morgan fingerprint density at radius 3 is 0.0556 bits per heavy atom. The summed E-state index contributed by atoms with van der Waals surface area (Å²) in [6, 6.07) is 0. The second-order valence-corrected chi connectivity index (χ2v) is 0. The van der Waals surface area contributed by atoms with Gasteiger partial charge in [-0.25, -0.2) is 0 Å². The number of rotatable bonds is 0. The molecule has 0 saturated carbocycles. The molecule has 0 aliphatic carbocycles. The Hall–Kier alpha value is 0.0805. The Bertz CT molecular complexity index is 6.59. The first-order valence-electron chi connectivity index (χ1n) is 0. The van der Waals surface area contributed by atoms with Gasteiger partial charge in [0.1, 0.15) is 0 Å². The van der Waals surface area contributed by atoms with Crippen LogP contribution in [0.4, 0.5) is 0 Å². The van der Waals surface area contributed by atoms with Crippen molar-refractivity contribution in [1.82, 2.24) is 0 Å². The van der Waals surface area contributed by atoms with Crippen LogP contribution in [0.15, 0.2) is 0 Å². The van der Waals surface area contributed by atoms with Crippen LogP contribution in [0.1, 0.15) is 0 Å². The minimum absolute atomic E-state index is 0. The van der Waals surface area contributed by atoms with Crippen molar-refractivity contribution in [1.29, 1.82) is 0 Å². The van der Waals surface area contributed by atoms with Crippen LogP contribution < -0.4 is 0 Å². The number of hydrogen-bond acceptors (Lipinski definition) is 0. The Labute approximate surface area is 237 Å². The first-order valence-corrected chi connectivity index (χ1v) is 0. The molecule has 36 heteroatoms. The molecule has 0 amide bonds. The van der Waals surface area contributed by atoms with Crippen molar-refractivity contribution in [3.63, 3.8) is 0 Å². The fourth-order valence-electron chi connectivity index (χ4n) is 0. The maximum absolute atomic E-state index is 0. The van der Waals surface area contributed by atoms with Crippen LogP contribution in [-0.4, -0.2) is 237 Å². The van der Waals surface area contributed by atoms with Crippen molar-refractivity contribution in [2.24, 2.45) is 0 Å². The Balaban J connectivity index is 0. The van der Waals surface area contributed by atoms with E-state index in [1.54, 1.807) is 0 Å². The summed E-state index contributed by atoms with van der Waals surface area (Å²) in [7, 11) is 0. The van der Waals surface area contributed by atoms with Gasteiger partial charge in [-0.1, -0.05) is 0 Å². The molecule has 0 aromatic heterocycles. The van der Waals surface area contributed by atoms with E-state index in [1.807, 2.05) is 0 Å². The first kappa shape index (κ1) is 6850000. The fourth-order valence-corrected chi connectivity index (χ4v) is 0. The number of hydrogen-bond donors (Lipinski definition) is 0. The summed E-state index contributed by atoms with van der Waals surface area (Å²) < 4.78 is 0. The molecule has 36 heavy (non-hydrogen) atoms. The van der Waals surface area contributed by atoms with E-state index in [2.05, 4.69) is 0 Å². The third-order valence-electron chi connectivity index (χ3n) is 0. The van der Waals surface area contributed by atoms with Gasteiger partial charge in [-0.05, 0) is 0 Å². The topological polar surface area (TPSA) is 1100 Å². The summed E-state index contributed by atoms with van der Waals surface area (Å²) in [4.78, 5) is 0. The average Bonchev–Trinajstić information content (AvgIpc) is 0. The van der Waals surface area contributed by atoms with Crippen molar-refractivity contribution in [2.45, 2.75) is 0 Å². The molecule has 0 bridgehead atoms. The average molecular weight is 720 g/mol. The molecule has 0 atom stereocenters. The van der Waals surface area contributed by atoms with E-state index in [-0.39, 0.29) is 237 Å². The van der Waals surface area contributed by atoms with Gasteiger partial charge >= 0.3 is 45.5 Å². The molecule has 0 heterocycles. The van der Waals surface area contributed by atoms with Gasteiger partial charge in [0.05, 0.1) is 0 Å². The summed E-state index contributed by atoms with van der Waals surface area (Å²) in [6.45, 7) is 0. The van der Waals surface area contributed by atoms with Crippen LogP contribution in [-0.2, 0) is 0 Å². The Morgan fingerprint density at radius 2 is 0.0556 bits per heavy atom. The zero-order valence-corrected chi connectivity index (χ0v) is 17.5. The fraction of sp³-hybridized carbons (Fsp3) is 0. The van der Waals surface area contributed by atoms with Crippen molar-refractivity contribution in [3.8, 4) is 0 Å². The van der Waals surface area contributed by atoms with E-state index < -0.39 is 0 Å². The van der Waals surface area contributed by atoms with E-state index in [0.29, 0.717) is 0 Å². The molecule has 35 nitrogen and oxygen atoms in total. The predicted octanol–water partition coefficient (Wildman–Crippen LogP) is -29.8. The van der Waals surface area contributed by atoms with Crippen molar-refractivity contribution in [3.05, 3.63) is 0 Å².